The van der Waals surface area contributed by atoms with Crippen LogP contribution in [0.2, 0.25) is 0 Å². The maximum absolute atomic E-state index is 12.5. The topological polar surface area (TPSA) is 72.5 Å². The molecule has 1 atom stereocenters. The predicted molar refractivity (Wildman–Crippen MR) is 99.7 cm³/mol. The zero-order valence-corrected chi connectivity index (χ0v) is 14.5. The lowest BCUT2D eigenvalue weighted by molar-refractivity contribution is 0.0924. The SMILES string of the molecule is O=C(NCC(c1ccco1)c1cccs1)c1cc(=O)c2ccccc2o1. The van der Waals surface area contributed by atoms with Crippen molar-refractivity contribution in [2.24, 2.45) is 0 Å². The number of benzene rings is 1. The van der Waals surface area contributed by atoms with E-state index in [9.17, 15) is 9.59 Å². The highest BCUT2D eigenvalue weighted by Gasteiger charge is 2.20. The third-order valence-electron chi connectivity index (χ3n) is 4.10. The molecule has 4 aromatic rings. The van der Waals surface area contributed by atoms with Crippen LogP contribution in [0.4, 0.5) is 0 Å². The van der Waals surface area contributed by atoms with Crippen LogP contribution in [0.3, 0.4) is 0 Å². The van der Waals surface area contributed by atoms with Crippen LogP contribution in [0.5, 0.6) is 0 Å². The van der Waals surface area contributed by atoms with Crippen LogP contribution in [0.25, 0.3) is 11.0 Å². The summed E-state index contributed by atoms with van der Waals surface area (Å²) in [6, 6.07) is 15.7. The first kappa shape index (κ1) is 16.4. The second-order valence-electron chi connectivity index (χ2n) is 5.76. The molecule has 0 saturated carbocycles. The van der Waals surface area contributed by atoms with Crippen LogP contribution in [0, 0.1) is 0 Å². The Hall–Kier alpha value is -3.12. The zero-order chi connectivity index (χ0) is 17.9. The molecule has 1 aromatic carbocycles. The van der Waals surface area contributed by atoms with Gasteiger partial charge in [0.1, 0.15) is 11.3 Å². The number of nitrogens with one attached hydrogen (secondary N) is 1. The molecule has 0 fully saturated rings. The number of hydrogen-bond acceptors (Lipinski definition) is 5. The van der Waals surface area contributed by atoms with Gasteiger partial charge in [-0.1, -0.05) is 18.2 Å². The average Bonchev–Trinajstić information content (AvgIpc) is 3.36. The molecule has 1 unspecified atom stereocenters. The van der Waals surface area contributed by atoms with Gasteiger partial charge in [0.25, 0.3) is 5.91 Å². The summed E-state index contributed by atoms with van der Waals surface area (Å²) in [5, 5.41) is 5.28. The minimum Gasteiger partial charge on any atom is -0.469 e. The molecule has 5 nitrogen and oxygen atoms in total. The molecule has 6 heteroatoms. The number of rotatable bonds is 5. The number of carbonyl (C=O) groups excluding carboxylic acids is 1. The predicted octanol–water partition coefficient (Wildman–Crippen LogP) is 4.01. The lowest BCUT2D eigenvalue weighted by Crippen LogP contribution is -2.29. The Kier molecular flexibility index (Phi) is 4.41. The van der Waals surface area contributed by atoms with Crippen molar-refractivity contribution in [1.82, 2.24) is 5.32 Å². The van der Waals surface area contributed by atoms with Crippen LogP contribution in [0.1, 0.15) is 27.1 Å². The van der Waals surface area contributed by atoms with E-state index in [1.54, 1.807) is 41.9 Å². The van der Waals surface area contributed by atoms with Crippen molar-refractivity contribution in [1.29, 1.82) is 0 Å². The molecule has 130 valence electrons. The maximum atomic E-state index is 12.5. The molecule has 0 aliphatic heterocycles. The molecule has 1 N–H and O–H groups in total. The van der Waals surface area contributed by atoms with Gasteiger partial charge in [0.15, 0.2) is 11.2 Å². The lowest BCUT2D eigenvalue weighted by atomic mass is 10.0. The van der Waals surface area contributed by atoms with Gasteiger partial charge in [0, 0.05) is 17.5 Å². The van der Waals surface area contributed by atoms with E-state index in [2.05, 4.69) is 5.32 Å². The first-order valence-corrected chi connectivity index (χ1v) is 8.98. The number of thiophene rings is 1. The fourth-order valence-electron chi connectivity index (χ4n) is 2.82. The van der Waals surface area contributed by atoms with E-state index in [4.69, 9.17) is 8.83 Å². The second kappa shape index (κ2) is 7.01. The van der Waals surface area contributed by atoms with E-state index in [0.29, 0.717) is 17.5 Å². The standard InChI is InChI=1S/C20H15NO4S/c22-15-11-18(25-17-6-2-1-5-13(15)17)20(23)21-12-14(16-7-3-9-24-16)19-8-4-10-26-19/h1-11,14H,12H2,(H,21,23). The number of furan rings is 1. The number of amides is 1. The van der Waals surface area contributed by atoms with E-state index in [1.165, 1.54) is 6.07 Å². The summed E-state index contributed by atoms with van der Waals surface area (Å²) < 4.78 is 11.1. The third-order valence-corrected chi connectivity index (χ3v) is 5.08. The Morgan fingerprint density at radius 2 is 2.00 bits per heavy atom. The Morgan fingerprint density at radius 1 is 1.12 bits per heavy atom. The summed E-state index contributed by atoms with van der Waals surface area (Å²) in [5.74, 6) is 0.243. The molecule has 3 heterocycles. The quantitative estimate of drug-likeness (QED) is 0.580. The summed E-state index contributed by atoms with van der Waals surface area (Å²) in [6.07, 6.45) is 1.61. The Labute approximate surface area is 152 Å². The van der Waals surface area contributed by atoms with Crippen molar-refractivity contribution < 1.29 is 13.6 Å². The van der Waals surface area contributed by atoms with Gasteiger partial charge < -0.3 is 14.2 Å². The van der Waals surface area contributed by atoms with Crippen molar-refractivity contribution in [2.75, 3.05) is 6.54 Å². The second-order valence-corrected chi connectivity index (χ2v) is 6.74. The molecule has 0 aliphatic carbocycles. The lowest BCUT2D eigenvalue weighted by Gasteiger charge is -2.14. The van der Waals surface area contributed by atoms with Crippen LogP contribution < -0.4 is 10.7 Å². The summed E-state index contributed by atoms with van der Waals surface area (Å²) in [7, 11) is 0. The normalized spacial score (nSPS) is 12.2. The van der Waals surface area contributed by atoms with Gasteiger partial charge in [0.05, 0.1) is 17.6 Å². The first-order valence-electron chi connectivity index (χ1n) is 8.10. The van der Waals surface area contributed by atoms with Gasteiger partial charge in [-0.2, -0.15) is 0 Å². The third kappa shape index (κ3) is 3.19. The van der Waals surface area contributed by atoms with Gasteiger partial charge in [-0.15, -0.1) is 11.3 Å². The van der Waals surface area contributed by atoms with E-state index in [1.807, 2.05) is 29.6 Å². The number of hydrogen-bond donors (Lipinski definition) is 1. The largest absolute Gasteiger partial charge is 0.469 e. The minimum atomic E-state index is -0.430. The highest BCUT2D eigenvalue weighted by molar-refractivity contribution is 7.10. The summed E-state index contributed by atoms with van der Waals surface area (Å²) in [6.45, 7) is 0.337. The number of para-hydroxylation sites is 1. The van der Waals surface area contributed by atoms with Crippen molar-refractivity contribution >= 4 is 28.2 Å². The average molecular weight is 365 g/mol. The monoisotopic (exact) mass is 365 g/mol. The fraction of sp³-hybridized carbons (Fsp3) is 0.100. The van der Waals surface area contributed by atoms with Crippen molar-refractivity contribution in [3.05, 3.63) is 92.9 Å². The molecule has 0 aliphatic rings. The maximum Gasteiger partial charge on any atom is 0.287 e. The van der Waals surface area contributed by atoms with Crippen molar-refractivity contribution in [3.8, 4) is 0 Å². The Balaban J connectivity index is 1.57. The molecule has 4 rings (SSSR count). The highest BCUT2D eigenvalue weighted by atomic mass is 32.1. The summed E-state index contributed by atoms with van der Waals surface area (Å²) >= 11 is 1.60. The van der Waals surface area contributed by atoms with Crippen LogP contribution >= 0.6 is 11.3 Å². The molecule has 1 amide bonds. The zero-order valence-electron chi connectivity index (χ0n) is 13.7. The van der Waals surface area contributed by atoms with Gasteiger partial charge in [-0.05, 0) is 35.7 Å². The van der Waals surface area contributed by atoms with Gasteiger partial charge in [-0.25, -0.2) is 0 Å². The molecular formula is C20H15NO4S. The van der Waals surface area contributed by atoms with Gasteiger partial charge >= 0.3 is 0 Å². The van der Waals surface area contributed by atoms with Crippen molar-refractivity contribution in [3.63, 3.8) is 0 Å². The number of carbonyl (C=O) groups is 1. The number of fused-ring (bicyclic) bond motifs is 1. The van der Waals surface area contributed by atoms with Crippen LogP contribution in [-0.4, -0.2) is 12.5 Å². The molecule has 26 heavy (non-hydrogen) atoms. The van der Waals surface area contributed by atoms with E-state index < -0.39 is 5.91 Å². The summed E-state index contributed by atoms with van der Waals surface area (Å²) in [4.78, 5) is 25.8. The Morgan fingerprint density at radius 3 is 2.77 bits per heavy atom. The molecule has 0 radical (unpaired) electrons. The van der Waals surface area contributed by atoms with E-state index in [-0.39, 0.29) is 17.1 Å². The highest BCUT2D eigenvalue weighted by Crippen LogP contribution is 2.28. The minimum absolute atomic E-state index is 0.00178. The van der Waals surface area contributed by atoms with Crippen LogP contribution in [-0.2, 0) is 0 Å². The smallest absolute Gasteiger partial charge is 0.287 e. The van der Waals surface area contributed by atoms with E-state index >= 15 is 0 Å². The molecule has 3 aromatic heterocycles. The summed E-state index contributed by atoms with van der Waals surface area (Å²) in [5.41, 5.74) is 0.156. The Bertz CT molecular complexity index is 1050. The van der Waals surface area contributed by atoms with Crippen molar-refractivity contribution in [2.45, 2.75) is 5.92 Å². The van der Waals surface area contributed by atoms with Crippen LogP contribution in [0.15, 0.2) is 79.9 Å². The van der Waals surface area contributed by atoms with Gasteiger partial charge in [0.2, 0.25) is 0 Å². The molecule has 0 spiro atoms. The first-order chi connectivity index (χ1) is 12.7. The molecule has 0 saturated heterocycles. The molecular weight excluding hydrogens is 350 g/mol. The molecule has 0 bridgehead atoms. The fourth-order valence-corrected chi connectivity index (χ4v) is 3.65. The van der Waals surface area contributed by atoms with Gasteiger partial charge in [-0.3, -0.25) is 9.59 Å². The van der Waals surface area contributed by atoms with E-state index in [0.717, 1.165) is 10.6 Å².